The maximum Gasteiger partial charge on any atom is 0.513 e. The molecule has 18 heavy (non-hydrogen) atoms. The molecule has 1 heterocycles. The van der Waals surface area contributed by atoms with Crippen molar-refractivity contribution in [3.05, 3.63) is 30.3 Å². The first kappa shape index (κ1) is 16.4. The van der Waals surface area contributed by atoms with E-state index in [9.17, 15) is 4.79 Å². The lowest BCUT2D eigenvalue weighted by atomic mass is 10.3. The van der Waals surface area contributed by atoms with Crippen molar-refractivity contribution >= 4 is 6.16 Å². The first-order valence-corrected chi connectivity index (χ1v) is 6.36. The lowest BCUT2D eigenvalue weighted by Crippen LogP contribution is -2.13. The molecule has 1 aliphatic rings. The van der Waals surface area contributed by atoms with Gasteiger partial charge < -0.3 is 14.2 Å². The summed E-state index contributed by atoms with van der Waals surface area (Å²) in [5.41, 5.74) is 0. The largest absolute Gasteiger partial charge is 0.513 e. The Balaban J connectivity index is 0.000000659. The lowest BCUT2D eigenvalue weighted by molar-refractivity contribution is 0.0919. The van der Waals surface area contributed by atoms with Crippen molar-refractivity contribution in [3.63, 3.8) is 0 Å². The number of carbonyl (C=O) groups is 1. The van der Waals surface area contributed by atoms with E-state index in [4.69, 9.17) is 14.2 Å². The van der Waals surface area contributed by atoms with Crippen LogP contribution in [-0.2, 0) is 9.47 Å². The van der Waals surface area contributed by atoms with Crippen LogP contribution in [0.4, 0.5) is 4.79 Å². The van der Waals surface area contributed by atoms with Gasteiger partial charge in [0.2, 0.25) is 0 Å². The molecule has 0 aliphatic carbocycles. The van der Waals surface area contributed by atoms with Crippen LogP contribution in [0.15, 0.2) is 30.3 Å². The van der Waals surface area contributed by atoms with Gasteiger partial charge in [0.25, 0.3) is 0 Å². The van der Waals surface area contributed by atoms with E-state index in [0.717, 1.165) is 0 Å². The normalized spacial score (nSPS) is 15.2. The fourth-order valence-corrected chi connectivity index (χ4v) is 0.939. The molecule has 1 fully saturated rings. The molecule has 1 aliphatic heterocycles. The van der Waals surface area contributed by atoms with Crippen molar-refractivity contribution in [2.75, 3.05) is 13.2 Å². The molecule has 0 saturated carbocycles. The fourth-order valence-electron chi connectivity index (χ4n) is 0.939. The van der Waals surface area contributed by atoms with Crippen LogP contribution in [0.1, 0.15) is 27.7 Å². The summed E-state index contributed by atoms with van der Waals surface area (Å²) in [5.74, 6) is 0.481. The van der Waals surface area contributed by atoms with Crippen molar-refractivity contribution in [3.8, 4) is 5.75 Å². The van der Waals surface area contributed by atoms with Gasteiger partial charge in [-0.3, -0.25) is 0 Å². The van der Waals surface area contributed by atoms with E-state index in [-0.39, 0.29) is 12.7 Å². The third kappa shape index (κ3) is 7.68. The van der Waals surface area contributed by atoms with Gasteiger partial charge in [-0.25, -0.2) is 4.79 Å². The van der Waals surface area contributed by atoms with Gasteiger partial charge in [-0.2, -0.15) is 0 Å². The summed E-state index contributed by atoms with van der Waals surface area (Å²) in [7, 11) is 0. The summed E-state index contributed by atoms with van der Waals surface area (Å²) in [6.07, 6.45) is -0.620. The fraction of sp³-hybridized carbons (Fsp3) is 0.500. The molecule has 0 aromatic heterocycles. The smallest absolute Gasteiger partial charge is 0.431 e. The number of ether oxygens (including phenoxy) is 3. The van der Waals surface area contributed by atoms with Gasteiger partial charge >= 0.3 is 6.16 Å². The number of hydrogen-bond donors (Lipinski definition) is 0. The molecule has 1 aromatic rings. The summed E-state index contributed by atoms with van der Waals surface area (Å²) in [5, 5.41) is 0. The van der Waals surface area contributed by atoms with Crippen molar-refractivity contribution in [1.29, 1.82) is 0 Å². The maximum atomic E-state index is 11.0. The van der Waals surface area contributed by atoms with Gasteiger partial charge in [-0.1, -0.05) is 45.9 Å². The first-order valence-electron chi connectivity index (χ1n) is 6.36. The number of carbonyl (C=O) groups excluding carboxylic acids is 1. The second-order valence-corrected chi connectivity index (χ2v) is 2.93. The molecule has 0 amide bonds. The standard InChI is InChI=1S/C10H10O4.2C2H6/c11-10(13-7-9-6-12-9)14-8-4-2-1-3-5-8;2*1-2/h1-5,9H,6-7H2;2*1-2H3. The Bertz CT molecular complexity index is 307. The molecule has 0 N–H and O–H groups in total. The van der Waals surface area contributed by atoms with E-state index in [1.165, 1.54) is 0 Å². The van der Waals surface area contributed by atoms with Crippen molar-refractivity contribution in [2.24, 2.45) is 0 Å². The van der Waals surface area contributed by atoms with Crippen molar-refractivity contribution < 1.29 is 19.0 Å². The minimum atomic E-state index is -0.688. The van der Waals surface area contributed by atoms with Gasteiger partial charge in [0.05, 0.1) is 6.61 Å². The maximum absolute atomic E-state index is 11.0. The minimum absolute atomic E-state index is 0.0679. The van der Waals surface area contributed by atoms with E-state index in [2.05, 4.69) is 0 Å². The predicted molar refractivity (Wildman–Crippen MR) is 70.9 cm³/mol. The van der Waals surface area contributed by atoms with Crippen LogP contribution in [0.5, 0.6) is 5.75 Å². The third-order valence-electron chi connectivity index (χ3n) is 1.73. The van der Waals surface area contributed by atoms with Crippen molar-refractivity contribution in [2.45, 2.75) is 33.8 Å². The van der Waals surface area contributed by atoms with E-state index < -0.39 is 6.16 Å². The van der Waals surface area contributed by atoms with Gasteiger partial charge in [0, 0.05) is 0 Å². The molecule has 0 spiro atoms. The van der Waals surface area contributed by atoms with Crippen molar-refractivity contribution in [1.82, 2.24) is 0 Å². The molecular weight excluding hydrogens is 232 g/mol. The van der Waals surface area contributed by atoms with Crippen LogP contribution in [0.2, 0.25) is 0 Å². The second-order valence-electron chi connectivity index (χ2n) is 2.93. The Labute approximate surface area is 109 Å². The molecule has 0 bridgehead atoms. The number of para-hydroxylation sites is 1. The van der Waals surface area contributed by atoms with Crippen LogP contribution in [0, 0.1) is 0 Å². The first-order chi connectivity index (χ1) is 8.84. The Morgan fingerprint density at radius 3 is 2.28 bits per heavy atom. The number of hydrogen-bond acceptors (Lipinski definition) is 4. The summed E-state index contributed by atoms with van der Waals surface area (Å²) in [4.78, 5) is 11.0. The van der Waals surface area contributed by atoms with Crippen LogP contribution in [0.25, 0.3) is 0 Å². The average Bonchev–Trinajstić information content (AvgIpc) is 3.26. The summed E-state index contributed by atoms with van der Waals surface area (Å²) < 4.78 is 14.5. The highest BCUT2D eigenvalue weighted by atomic mass is 16.7. The number of epoxide rings is 1. The molecular formula is C14H22O4. The van der Waals surface area contributed by atoms with Gasteiger partial charge in [-0.05, 0) is 12.1 Å². The molecule has 1 aromatic carbocycles. The average molecular weight is 254 g/mol. The molecule has 1 atom stereocenters. The number of benzene rings is 1. The Kier molecular flexibility index (Phi) is 9.68. The Morgan fingerprint density at radius 2 is 1.78 bits per heavy atom. The molecule has 0 radical (unpaired) electrons. The zero-order valence-electron chi connectivity index (χ0n) is 11.5. The third-order valence-corrected chi connectivity index (χ3v) is 1.73. The molecule has 1 unspecified atom stereocenters. The van der Waals surface area contributed by atoms with Crippen LogP contribution < -0.4 is 4.74 Å². The quantitative estimate of drug-likeness (QED) is 0.469. The van der Waals surface area contributed by atoms with Gasteiger partial charge in [-0.15, -0.1) is 0 Å². The minimum Gasteiger partial charge on any atom is -0.431 e. The van der Waals surface area contributed by atoms with Crippen LogP contribution in [-0.4, -0.2) is 25.5 Å². The molecule has 2 rings (SSSR count). The lowest BCUT2D eigenvalue weighted by Gasteiger charge is -2.03. The predicted octanol–water partition coefficient (Wildman–Crippen LogP) is 3.65. The second kappa shape index (κ2) is 10.6. The van der Waals surface area contributed by atoms with Crippen LogP contribution in [0.3, 0.4) is 0 Å². The Morgan fingerprint density at radius 1 is 1.22 bits per heavy atom. The highest BCUT2D eigenvalue weighted by molar-refractivity contribution is 5.63. The molecule has 102 valence electrons. The highest BCUT2D eigenvalue weighted by Crippen LogP contribution is 2.11. The van der Waals surface area contributed by atoms with E-state index >= 15 is 0 Å². The molecule has 1 saturated heterocycles. The van der Waals surface area contributed by atoms with E-state index in [1.54, 1.807) is 24.3 Å². The van der Waals surface area contributed by atoms with E-state index in [1.807, 2.05) is 33.8 Å². The Hall–Kier alpha value is -1.55. The monoisotopic (exact) mass is 254 g/mol. The zero-order valence-corrected chi connectivity index (χ0v) is 11.5. The van der Waals surface area contributed by atoms with Gasteiger partial charge in [0.15, 0.2) is 0 Å². The highest BCUT2D eigenvalue weighted by Gasteiger charge is 2.24. The summed E-state index contributed by atoms with van der Waals surface area (Å²) in [6, 6.07) is 8.79. The van der Waals surface area contributed by atoms with Crippen LogP contribution >= 0.6 is 0 Å². The zero-order chi connectivity index (χ0) is 13.8. The topological polar surface area (TPSA) is 48.1 Å². The SMILES string of the molecule is CC.CC.O=C(OCC1CO1)Oc1ccccc1. The van der Waals surface area contributed by atoms with Gasteiger partial charge in [0.1, 0.15) is 18.5 Å². The van der Waals surface area contributed by atoms with E-state index in [0.29, 0.717) is 12.4 Å². The summed E-state index contributed by atoms with van der Waals surface area (Å²) >= 11 is 0. The molecule has 4 heteroatoms. The summed E-state index contributed by atoms with van der Waals surface area (Å²) in [6.45, 7) is 8.93. The number of rotatable bonds is 3. The molecule has 4 nitrogen and oxygen atoms in total.